The van der Waals surface area contributed by atoms with Crippen LogP contribution in [0.4, 0.5) is 4.79 Å². The van der Waals surface area contributed by atoms with Crippen LogP contribution < -0.4 is 5.32 Å². The minimum Gasteiger partial charge on any atom is -0.508 e. The van der Waals surface area contributed by atoms with E-state index >= 15 is 0 Å². The van der Waals surface area contributed by atoms with Gasteiger partial charge in [-0.2, -0.15) is 0 Å². The average molecular weight is 355 g/mol. The molecule has 25 heavy (non-hydrogen) atoms. The third-order valence-corrected chi connectivity index (χ3v) is 3.24. The van der Waals surface area contributed by atoms with Gasteiger partial charge in [-0.3, -0.25) is 0 Å². The fourth-order valence-corrected chi connectivity index (χ4v) is 2.04. The maximum absolute atomic E-state index is 11.5. The number of methoxy groups -OCH3 is 1. The van der Waals surface area contributed by atoms with Crippen molar-refractivity contribution in [2.45, 2.75) is 45.0 Å². The number of benzene rings is 1. The Balaban J connectivity index is 2.66. The minimum atomic E-state index is -1.44. The Kier molecular flexibility index (Phi) is 7.20. The number of aromatic hydroxyl groups is 1. The second kappa shape index (κ2) is 8.68. The number of nitrogens with one attached hydrogen (secondary N) is 1. The first-order chi connectivity index (χ1) is 11.5. The number of carbonyl (C=O) groups is 2. The first-order valence-electron chi connectivity index (χ1n) is 7.79. The molecule has 8 heteroatoms. The summed E-state index contributed by atoms with van der Waals surface area (Å²) in [6, 6.07) is 3.82. The molecule has 1 aromatic carbocycles. The van der Waals surface area contributed by atoms with Gasteiger partial charge in [-0.15, -0.1) is 0 Å². The first-order valence-corrected chi connectivity index (χ1v) is 7.79. The second-order valence-electron chi connectivity index (χ2n) is 6.49. The number of esters is 1. The number of phenols is 1. The van der Waals surface area contributed by atoms with Gasteiger partial charge < -0.3 is 30.1 Å². The summed E-state index contributed by atoms with van der Waals surface area (Å²) >= 11 is 0. The molecule has 0 bridgehead atoms. The van der Waals surface area contributed by atoms with Crippen LogP contribution in [0.1, 0.15) is 49.2 Å². The Hall–Kier alpha value is -2.32. The van der Waals surface area contributed by atoms with Crippen molar-refractivity contribution < 1.29 is 34.4 Å². The number of amides is 1. The highest BCUT2D eigenvalue weighted by Crippen LogP contribution is 2.28. The maximum atomic E-state index is 11.5. The van der Waals surface area contributed by atoms with Crippen LogP contribution in [0.5, 0.6) is 5.75 Å². The third-order valence-electron chi connectivity index (χ3n) is 3.24. The molecule has 140 valence electrons. The molecule has 4 N–H and O–H groups in total. The molecular formula is C17H25NO7. The lowest BCUT2D eigenvalue weighted by molar-refractivity contribution is 0.0109. The van der Waals surface area contributed by atoms with E-state index in [4.69, 9.17) is 4.74 Å². The number of phenolic OH excluding ortho intramolecular Hbond substituents is 1. The number of hydrogen-bond acceptors (Lipinski definition) is 7. The molecule has 1 amide bonds. The van der Waals surface area contributed by atoms with Gasteiger partial charge in [0.1, 0.15) is 17.5 Å². The Morgan fingerprint density at radius 1 is 1.24 bits per heavy atom. The predicted molar refractivity (Wildman–Crippen MR) is 89.3 cm³/mol. The summed E-state index contributed by atoms with van der Waals surface area (Å²) in [5.74, 6) is -0.895. The summed E-state index contributed by atoms with van der Waals surface area (Å²) in [7, 11) is 1.21. The fourth-order valence-electron chi connectivity index (χ4n) is 2.04. The van der Waals surface area contributed by atoms with Crippen molar-refractivity contribution in [2.24, 2.45) is 0 Å². The molecule has 0 aliphatic heterocycles. The zero-order chi connectivity index (χ0) is 19.2. The number of aliphatic hydroxyl groups excluding tert-OH is 2. The van der Waals surface area contributed by atoms with E-state index in [1.807, 2.05) is 0 Å². The van der Waals surface area contributed by atoms with Crippen molar-refractivity contribution in [3.8, 4) is 5.75 Å². The average Bonchev–Trinajstić information content (AvgIpc) is 2.52. The normalized spacial score (nSPS) is 13.7. The van der Waals surface area contributed by atoms with E-state index in [-0.39, 0.29) is 29.8 Å². The van der Waals surface area contributed by atoms with E-state index in [1.165, 1.54) is 25.3 Å². The Bertz CT molecular complexity index is 610. The summed E-state index contributed by atoms with van der Waals surface area (Å²) in [5.41, 5.74) is -0.511. The molecule has 0 fully saturated rings. The van der Waals surface area contributed by atoms with Gasteiger partial charge in [0.2, 0.25) is 0 Å². The quantitative estimate of drug-likeness (QED) is 0.570. The van der Waals surface area contributed by atoms with E-state index in [0.717, 1.165) is 0 Å². The highest BCUT2D eigenvalue weighted by molar-refractivity contribution is 5.89. The first kappa shape index (κ1) is 20.7. The zero-order valence-corrected chi connectivity index (χ0v) is 14.8. The number of alkyl carbamates (subject to hydrolysis) is 1. The molecule has 0 radical (unpaired) electrons. The predicted octanol–water partition coefficient (Wildman–Crippen LogP) is 1.49. The van der Waals surface area contributed by atoms with Crippen molar-refractivity contribution in [1.29, 1.82) is 0 Å². The lowest BCUT2D eigenvalue weighted by Crippen LogP contribution is -2.34. The van der Waals surface area contributed by atoms with Crippen LogP contribution in [0.15, 0.2) is 18.2 Å². The summed E-state index contributed by atoms with van der Waals surface area (Å²) in [4.78, 5) is 23.0. The molecule has 0 aliphatic carbocycles. The molecular weight excluding hydrogens is 330 g/mol. The van der Waals surface area contributed by atoms with Crippen LogP contribution in [0, 0.1) is 0 Å². The Morgan fingerprint density at radius 3 is 2.44 bits per heavy atom. The van der Waals surface area contributed by atoms with Crippen LogP contribution >= 0.6 is 0 Å². The van der Waals surface area contributed by atoms with Crippen LogP contribution in [0.3, 0.4) is 0 Å². The van der Waals surface area contributed by atoms with Gasteiger partial charge in [0.25, 0.3) is 0 Å². The highest BCUT2D eigenvalue weighted by atomic mass is 16.6. The van der Waals surface area contributed by atoms with Gasteiger partial charge in [0, 0.05) is 12.1 Å². The van der Waals surface area contributed by atoms with E-state index in [2.05, 4.69) is 10.1 Å². The van der Waals surface area contributed by atoms with Crippen LogP contribution in [0.2, 0.25) is 0 Å². The van der Waals surface area contributed by atoms with Gasteiger partial charge in [-0.05, 0) is 45.4 Å². The molecule has 0 saturated heterocycles. The number of ether oxygens (including phenoxy) is 2. The molecule has 8 nitrogen and oxygen atoms in total. The Morgan fingerprint density at radius 2 is 1.88 bits per heavy atom. The third kappa shape index (κ3) is 6.60. The number of hydrogen-bond donors (Lipinski definition) is 4. The lowest BCUT2D eigenvalue weighted by atomic mass is 9.99. The minimum absolute atomic E-state index is 0.00679. The molecule has 0 heterocycles. The zero-order valence-electron chi connectivity index (χ0n) is 14.8. The van der Waals surface area contributed by atoms with E-state index < -0.39 is 29.9 Å². The fraction of sp³-hybridized carbons (Fsp3) is 0.529. The van der Waals surface area contributed by atoms with E-state index in [1.54, 1.807) is 20.8 Å². The highest BCUT2D eigenvalue weighted by Gasteiger charge is 2.23. The maximum Gasteiger partial charge on any atom is 0.407 e. The standard InChI is InChI=1S/C17H25NO7/c1-17(2,3)25-16(23)18-8-7-13(20)14(21)11-9-10(15(22)24-4)5-6-12(11)19/h5-6,9,13-14,19-21H,7-8H2,1-4H3,(H,18,23). The van der Waals surface area contributed by atoms with Gasteiger partial charge in [-0.1, -0.05) is 0 Å². The van der Waals surface area contributed by atoms with Gasteiger partial charge >= 0.3 is 12.1 Å². The van der Waals surface area contributed by atoms with E-state index in [0.29, 0.717) is 0 Å². The molecule has 0 saturated carbocycles. The lowest BCUT2D eigenvalue weighted by Gasteiger charge is -2.21. The summed E-state index contributed by atoms with van der Waals surface area (Å²) in [6.45, 7) is 5.23. The molecule has 0 aromatic heterocycles. The molecule has 0 aliphatic rings. The summed E-state index contributed by atoms with van der Waals surface area (Å²) in [5, 5.41) is 32.6. The Labute approximate surface area is 146 Å². The van der Waals surface area contributed by atoms with Crippen molar-refractivity contribution in [3.63, 3.8) is 0 Å². The van der Waals surface area contributed by atoms with Crippen molar-refractivity contribution in [3.05, 3.63) is 29.3 Å². The van der Waals surface area contributed by atoms with Gasteiger partial charge in [-0.25, -0.2) is 9.59 Å². The van der Waals surface area contributed by atoms with Crippen LogP contribution in [-0.4, -0.2) is 52.7 Å². The van der Waals surface area contributed by atoms with Gasteiger partial charge in [0.05, 0.1) is 18.8 Å². The topological polar surface area (TPSA) is 125 Å². The molecule has 1 rings (SSSR count). The van der Waals surface area contributed by atoms with Crippen molar-refractivity contribution in [1.82, 2.24) is 5.32 Å². The monoisotopic (exact) mass is 355 g/mol. The SMILES string of the molecule is COC(=O)c1ccc(O)c(C(O)C(O)CCNC(=O)OC(C)(C)C)c1. The van der Waals surface area contributed by atoms with Crippen LogP contribution in [-0.2, 0) is 9.47 Å². The van der Waals surface area contributed by atoms with Crippen molar-refractivity contribution in [2.75, 3.05) is 13.7 Å². The second-order valence-corrected chi connectivity index (χ2v) is 6.49. The summed E-state index contributed by atoms with van der Waals surface area (Å²) in [6.07, 6.45) is -3.33. The molecule has 2 atom stereocenters. The number of aliphatic hydroxyl groups is 2. The van der Waals surface area contributed by atoms with Gasteiger partial charge in [0.15, 0.2) is 0 Å². The van der Waals surface area contributed by atoms with Crippen LogP contribution in [0.25, 0.3) is 0 Å². The number of carbonyl (C=O) groups excluding carboxylic acids is 2. The smallest absolute Gasteiger partial charge is 0.407 e. The molecule has 0 spiro atoms. The van der Waals surface area contributed by atoms with E-state index in [9.17, 15) is 24.9 Å². The molecule has 2 unspecified atom stereocenters. The largest absolute Gasteiger partial charge is 0.508 e. The van der Waals surface area contributed by atoms with Crippen molar-refractivity contribution >= 4 is 12.1 Å². The molecule has 1 aromatic rings. The summed E-state index contributed by atoms with van der Waals surface area (Å²) < 4.78 is 9.63. The number of rotatable bonds is 6.